The Kier molecular flexibility index (Phi) is 2.07. The molecule has 0 fully saturated rings. The van der Waals surface area contributed by atoms with Crippen LogP contribution in [0.15, 0.2) is 24.3 Å². The summed E-state index contributed by atoms with van der Waals surface area (Å²) in [6, 6.07) is 0. The summed E-state index contributed by atoms with van der Waals surface area (Å²) < 4.78 is 47.8. The molecule has 2 atom stereocenters. The Labute approximate surface area is 69.5 Å². The lowest BCUT2D eigenvalue weighted by atomic mass is 10.1. The van der Waals surface area contributed by atoms with Crippen LogP contribution in [0.5, 0.6) is 0 Å². The van der Waals surface area contributed by atoms with Gasteiger partial charge in [-0.05, 0) is 12.2 Å². The minimum atomic E-state index is -4.05. The van der Waals surface area contributed by atoms with Crippen LogP contribution in [-0.2, 0) is 9.84 Å². The van der Waals surface area contributed by atoms with E-state index in [2.05, 4.69) is 0 Å². The van der Waals surface area contributed by atoms with Crippen molar-refractivity contribution in [1.82, 2.24) is 0 Å². The van der Waals surface area contributed by atoms with E-state index < -0.39 is 21.0 Å². The number of halogens is 2. The smallest absolute Gasteiger partial charge is 0.238 e. The summed E-state index contributed by atoms with van der Waals surface area (Å²) in [7, 11) is -4.05. The lowest BCUT2D eigenvalue weighted by Gasteiger charge is -2.23. The summed E-state index contributed by atoms with van der Waals surface area (Å²) in [6.07, 6.45) is 2.60. The zero-order chi connectivity index (χ0) is 9.41. The van der Waals surface area contributed by atoms with Crippen molar-refractivity contribution in [3.8, 4) is 0 Å². The van der Waals surface area contributed by atoms with Gasteiger partial charge in [-0.1, -0.05) is 12.2 Å². The Bertz CT molecular complexity index is 331. The fraction of sp³-hybridized carbons (Fsp3) is 0.429. The molecule has 0 radical (unpaired) electrons. The lowest BCUT2D eigenvalue weighted by molar-refractivity contribution is 0.202. The van der Waals surface area contributed by atoms with Gasteiger partial charge in [0.1, 0.15) is 0 Å². The number of allylic oxidation sites excluding steroid dienone is 3. The van der Waals surface area contributed by atoms with Gasteiger partial charge in [0.15, 0.2) is 16.0 Å². The van der Waals surface area contributed by atoms with Crippen molar-refractivity contribution in [1.29, 1.82) is 0 Å². The van der Waals surface area contributed by atoms with Gasteiger partial charge in [0.25, 0.3) is 5.00 Å². The summed E-state index contributed by atoms with van der Waals surface area (Å²) in [5, 5.41) is -2.89. The zero-order valence-electron chi connectivity index (χ0n) is 6.37. The van der Waals surface area contributed by atoms with Crippen molar-refractivity contribution in [2.75, 3.05) is 6.26 Å². The van der Waals surface area contributed by atoms with Gasteiger partial charge in [-0.2, -0.15) is 0 Å². The molecule has 2 nitrogen and oxygen atoms in total. The molecule has 0 aromatic heterocycles. The van der Waals surface area contributed by atoms with Gasteiger partial charge in [-0.15, -0.1) is 0 Å². The quantitative estimate of drug-likeness (QED) is 0.627. The number of sulfone groups is 1. The third-order valence-corrected chi connectivity index (χ3v) is 3.16. The maximum absolute atomic E-state index is 13.4. The highest BCUT2D eigenvalue weighted by Crippen LogP contribution is 2.30. The van der Waals surface area contributed by atoms with Crippen molar-refractivity contribution in [2.45, 2.75) is 11.2 Å². The van der Waals surface area contributed by atoms with Gasteiger partial charge < -0.3 is 0 Å². The van der Waals surface area contributed by atoms with E-state index in [1.54, 1.807) is 0 Å². The predicted molar refractivity (Wildman–Crippen MR) is 41.9 cm³/mol. The van der Waals surface area contributed by atoms with Crippen LogP contribution in [0, 0.1) is 0 Å². The van der Waals surface area contributed by atoms with Crippen molar-refractivity contribution in [2.24, 2.45) is 0 Å². The highest BCUT2D eigenvalue weighted by atomic mass is 32.2. The molecule has 0 saturated carbocycles. The van der Waals surface area contributed by atoms with E-state index >= 15 is 0 Å². The summed E-state index contributed by atoms with van der Waals surface area (Å²) in [4.78, 5) is 0. The van der Waals surface area contributed by atoms with Gasteiger partial charge in [0, 0.05) is 6.26 Å². The lowest BCUT2D eigenvalue weighted by Crippen LogP contribution is -2.40. The van der Waals surface area contributed by atoms with Gasteiger partial charge >= 0.3 is 0 Å². The first kappa shape index (κ1) is 9.38. The molecule has 0 spiro atoms. The second-order valence-corrected chi connectivity index (χ2v) is 4.79. The van der Waals surface area contributed by atoms with Crippen LogP contribution in [0.1, 0.15) is 0 Å². The molecular formula is C7H8F2O2S. The molecule has 0 heterocycles. The summed E-state index contributed by atoms with van der Waals surface area (Å²) >= 11 is 0. The van der Waals surface area contributed by atoms with Gasteiger partial charge in [0.05, 0.1) is 0 Å². The standard InChI is InChI=1S/C7H8F2O2S/c1-12(10,11)7(9)5-3-2-4-6(7)8/h2-6H,1H3. The van der Waals surface area contributed by atoms with Crippen LogP contribution in [0.3, 0.4) is 0 Å². The molecule has 0 N–H and O–H groups in total. The fourth-order valence-corrected chi connectivity index (χ4v) is 1.71. The molecular weight excluding hydrogens is 186 g/mol. The van der Waals surface area contributed by atoms with Gasteiger partial charge in [0.2, 0.25) is 0 Å². The molecule has 0 aliphatic heterocycles. The Morgan fingerprint density at radius 2 is 2.00 bits per heavy atom. The van der Waals surface area contributed by atoms with Crippen molar-refractivity contribution in [3.05, 3.63) is 24.3 Å². The predicted octanol–water partition coefficient (Wildman–Crippen LogP) is 1.16. The van der Waals surface area contributed by atoms with E-state index in [0.29, 0.717) is 12.3 Å². The van der Waals surface area contributed by atoms with E-state index in [1.807, 2.05) is 0 Å². The largest absolute Gasteiger partial charge is 0.263 e. The zero-order valence-corrected chi connectivity index (χ0v) is 7.18. The van der Waals surface area contributed by atoms with Crippen LogP contribution >= 0.6 is 0 Å². The van der Waals surface area contributed by atoms with Gasteiger partial charge in [-0.25, -0.2) is 17.2 Å². The molecule has 0 bridgehead atoms. The molecule has 68 valence electrons. The van der Waals surface area contributed by atoms with Crippen LogP contribution in [-0.4, -0.2) is 25.8 Å². The van der Waals surface area contributed by atoms with Crippen LogP contribution in [0.2, 0.25) is 0 Å². The summed E-state index contributed by atoms with van der Waals surface area (Å²) in [5.74, 6) is 0. The third-order valence-electron chi connectivity index (χ3n) is 1.66. The minimum Gasteiger partial charge on any atom is -0.238 e. The van der Waals surface area contributed by atoms with E-state index in [1.165, 1.54) is 12.2 Å². The van der Waals surface area contributed by atoms with Crippen molar-refractivity contribution >= 4 is 9.84 Å². The first-order valence-electron chi connectivity index (χ1n) is 3.26. The molecule has 1 aliphatic carbocycles. The minimum absolute atomic E-state index is 0.670. The molecule has 0 saturated heterocycles. The van der Waals surface area contributed by atoms with Crippen molar-refractivity contribution in [3.63, 3.8) is 0 Å². The maximum Gasteiger partial charge on any atom is 0.263 e. The molecule has 2 unspecified atom stereocenters. The Morgan fingerprint density at radius 1 is 1.42 bits per heavy atom. The second kappa shape index (κ2) is 2.65. The van der Waals surface area contributed by atoms with E-state index in [4.69, 9.17) is 0 Å². The number of alkyl halides is 2. The SMILES string of the molecule is CS(=O)(=O)C1(F)C=CC=CC1F. The van der Waals surface area contributed by atoms with Crippen molar-refractivity contribution < 1.29 is 17.2 Å². The summed E-state index contributed by atoms with van der Waals surface area (Å²) in [6.45, 7) is 0. The molecule has 0 aromatic carbocycles. The van der Waals surface area contributed by atoms with Gasteiger partial charge in [-0.3, -0.25) is 0 Å². The molecule has 1 aliphatic rings. The maximum atomic E-state index is 13.4. The van der Waals surface area contributed by atoms with E-state index in [0.717, 1.165) is 6.08 Å². The highest BCUT2D eigenvalue weighted by Gasteiger charge is 2.46. The van der Waals surface area contributed by atoms with Crippen LogP contribution in [0.4, 0.5) is 8.78 Å². The number of hydrogen-bond acceptors (Lipinski definition) is 2. The fourth-order valence-electron chi connectivity index (χ4n) is 0.900. The molecule has 5 heteroatoms. The average Bonchev–Trinajstić information content (AvgIpc) is 1.93. The average molecular weight is 194 g/mol. The monoisotopic (exact) mass is 194 g/mol. The van der Waals surface area contributed by atoms with E-state index in [-0.39, 0.29) is 0 Å². The molecule has 12 heavy (non-hydrogen) atoms. The molecule has 0 aromatic rings. The highest BCUT2D eigenvalue weighted by molar-refractivity contribution is 7.92. The van der Waals surface area contributed by atoms with E-state index in [9.17, 15) is 17.2 Å². The first-order valence-corrected chi connectivity index (χ1v) is 5.16. The second-order valence-electron chi connectivity index (χ2n) is 2.62. The Hall–Kier alpha value is -0.710. The Morgan fingerprint density at radius 3 is 2.33 bits per heavy atom. The summed E-state index contributed by atoms with van der Waals surface area (Å²) in [5.41, 5.74) is 0. The van der Waals surface area contributed by atoms with Crippen LogP contribution in [0.25, 0.3) is 0 Å². The topological polar surface area (TPSA) is 34.1 Å². The molecule has 0 amide bonds. The number of hydrogen-bond donors (Lipinski definition) is 0. The molecule has 1 rings (SSSR count). The normalized spacial score (nSPS) is 35.4. The Balaban J connectivity index is 3.16. The third kappa shape index (κ3) is 1.29. The first-order chi connectivity index (χ1) is 5.38. The number of rotatable bonds is 1. The van der Waals surface area contributed by atoms with Crippen LogP contribution < -0.4 is 0 Å².